The average Bonchev–Trinajstić information content (AvgIpc) is 1.85. The lowest BCUT2D eigenvalue weighted by Gasteiger charge is -2.15. The van der Waals surface area contributed by atoms with Gasteiger partial charge < -0.3 is 9.08 Å². The Morgan fingerprint density at radius 3 is 2.08 bits per heavy atom. The highest BCUT2D eigenvalue weighted by molar-refractivity contribution is 7.81. The van der Waals surface area contributed by atoms with Gasteiger partial charge in [-0.05, 0) is 13.8 Å². The van der Waals surface area contributed by atoms with Crippen molar-refractivity contribution < 1.29 is 21.9 Å². The van der Waals surface area contributed by atoms with E-state index in [2.05, 4.69) is 4.18 Å². The predicted octanol–water partition coefficient (Wildman–Crippen LogP) is 0.268. The van der Waals surface area contributed by atoms with Crippen LogP contribution in [0.4, 0.5) is 4.79 Å². The van der Waals surface area contributed by atoms with Gasteiger partial charge in [-0.2, -0.15) is 8.42 Å². The van der Waals surface area contributed by atoms with E-state index in [-0.39, 0.29) is 0 Å². The minimum Gasteiger partial charge on any atom is -0.308 e. The van der Waals surface area contributed by atoms with E-state index in [0.717, 1.165) is 4.90 Å². The lowest BCUT2D eigenvalue weighted by Crippen LogP contribution is -2.32. The molecule has 1 N–H and O–H groups in total. The molecule has 0 fully saturated rings. The number of hydrogen-bond donors (Lipinski definition) is 1. The molecular formula is C5H11NO5S. The minimum absolute atomic E-state index is 0.324. The molecular weight excluding hydrogens is 186 g/mol. The Morgan fingerprint density at radius 2 is 1.83 bits per heavy atom. The standard InChI is InChI=1S/C5H11NO5S/c1-3-6(4-2)5(7)11-12(8,9)10/h3-4H2,1-2H3,(H,8,9,10). The topological polar surface area (TPSA) is 83.9 Å². The zero-order valence-corrected chi connectivity index (χ0v) is 7.67. The Labute approximate surface area is 71.1 Å². The quantitative estimate of drug-likeness (QED) is 0.656. The van der Waals surface area contributed by atoms with Gasteiger partial charge in [0.05, 0.1) is 0 Å². The molecule has 0 saturated carbocycles. The first-order chi connectivity index (χ1) is 5.40. The van der Waals surface area contributed by atoms with Gasteiger partial charge in [0.15, 0.2) is 0 Å². The molecule has 0 unspecified atom stereocenters. The molecule has 0 aliphatic rings. The highest BCUT2D eigenvalue weighted by Gasteiger charge is 2.17. The molecule has 0 atom stereocenters. The minimum atomic E-state index is -4.68. The summed E-state index contributed by atoms with van der Waals surface area (Å²) in [7, 11) is -4.68. The van der Waals surface area contributed by atoms with Crippen LogP contribution in [0, 0.1) is 0 Å². The molecule has 7 heteroatoms. The van der Waals surface area contributed by atoms with Gasteiger partial charge >= 0.3 is 16.5 Å². The Hall–Kier alpha value is -0.820. The third kappa shape index (κ3) is 4.14. The van der Waals surface area contributed by atoms with E-state index in [1.807, 2.05) is 0 Å². The smallest absolute Gasteiger partial charge is 0.308 e. The summed E-state index contributed by atoms with van der Waals surface area (Å²) in [5.41, 5.74) is 0. The van der Waals surface area contributed by atoms with Crippen molar-refractivity contribution in [1.29, 1.82) is 0 Å². The molecule has 0 aliphatic carbocycles. The van der Waals surface area contributed by atoms with Crippen LogP contribution in [0.5, 0.6) is 0 Å². The van der Waals surface area contributed by atoms with Crippen LogP contribution in [-0.4, -0.2) is 37.1 Å². The maximum atomic E-state index is 10.8. The predicted molar refractivity (Wildman–Crippen MR) is 41.0 cm³/mol. The number of carbonyl (C=O) groups excluding carboxylic acids is 1. The molecule has 0 aromatic carbocycles. The normalized spacial score (nSPS) is 10.9. The van der Waals surface area contributed by atoms with Crippen LogP contribution in [0.1, 0.15) is 13.8 Å². The second-order valence-corrected chi connectivity index (χ2v) is 2.97. The largest absolute Gasteiger partial charge is 0.450 e. The van der Waals surface area contributed by atoms with Crippen LogP contribution in [0.2, 0.25) is 0 Å². The van der Waals surface area contributed by atoms with Crippen LogP contribution in [0.15, 0.2) is 0 Å². The summed E-state index contributed by atoms with van der Waals surface area (Å²) >= 11 is 0. The van der Waals surface area contributed by atoms with Gasteiger partial charge in [0.2, 0.25) is 0 Å². The first-order valence-corrected chi connectivity index (χ1v) is 4.73. The zero-order valence-electron chi connectivity index (χ0n) is 6.85. The van der Waals surface area contributed by atoms with Crippen molar-refractivity contribution in [2.24, 2.45) is 0 Å². The summed E-state index contributed by atoms with van der Waals surface area (Å²) in [6.45, 7) is 3.97. The van der Waals surface area contributed by atoms with Gasteiger partial charge in [-0.15, -0.1) is 0 Å². The Balaban J connectivity index is 4.21. The lowest BCUT2D eigenvalue weighted by molar-refractivity contribution is 0.153. The maximum Gasteiger partial charge on any atom is 0.450 e. The van der Waals surface area contributed by atoms with Crippen molar-refractivity contribution in [2.45, 2.75) is 13.8 Å². The molecule has 72 valence electrons. The molecule has 0 heterocycles. The van der Waals surface area contributed by atoms with Crippen molar-refractivity contribution in [3.8, 4) is 0 Å². The van der Waals surface area contributed by atoms with Gasteiger partial charge in [0.1, 0.15) is 0 Å². The van der Waals surface area contributed by atoms with E-state index >= 15 is 0 Å². The third-order valence-corrected chi connectivity index (χ3v) is 1.55. The van der Waals surface area contributed by atoms with Gasteiger partial charge in [0, 0.05) is 13.1 Å². The van der Waals surface area contributed by atoms with Gasteiger partial charge in [-0.25, -0.2) is 4.79 Å². The van der Waals surface area contributed by atoms with Gasteiger partial charge in [0.25, 0.3) is 0 Å². The Kier molecular flexibility index (Phi) is 3.98. The van der Waals surface area contributed by atoms with Crippen molar-refractivity contribution >= 4 is 16.5 Å². The molecule has 0 spiro atoms. The van der Waals surface area contributed by atoms with Crippen molar-refractivity contribution in [3.63, 3.8) is 0 Å². The number of hydrogen-bond acceptors (Lipinski definition) is 4. The molecule has 1 amide bonds. The molecule has 0 radical (unpaired) electrons. The maximum absolute atomic E-state index is 10.8. The van der Waals surface area contributed by atoms with Crippen LogP contribution in [0.25, 0.3) is 0 Å². The Morgan fingerprint density at radius 1 is 1.42 bits per heavy atom. The van der Waals surface area contributed by atoms with Crippen molar-refractivity contribution in [1.82, 2.24) is 4.90 Å². The highest BCUT2D eigenvalue weighted by atomic mass is 32.3. The summed E-state index contributed by atoms with van der Waals surface area (Å²) in [6.07, 6.45) is -1.07. The fourth-order valence-electron chi connectivity index (χ4n) is 0.625. The molecule has 0 aromatic heterocycles. The van der Waals surface area contributed by atoms with E-state index in [4.69, 9.17) is 4.55 Å². The Bertz CT molecular complexity index is 243. The first kappa shape index (κ1) is 11.2. The summed E-state index contributed by atoms with van der Waals surface area (Å²) in [5, 5.41) is 0. The fourth-order valence-corrected chi connectivity index (χ4v) is 0.910. The monoisotopic (exact) mass is 197 g/mol. The molecule has 0 saturated heterocycles. The number of carbonyl (C=O) groups is 1. The van der Waals surface area contributed by atoms with E-state index < -0.39 is 16.5 Å². The second-order valence-electron chi connectivity index (χ2n) is 1.95. The van der Waals surface area contributed by atoms with Crippen LogP contribution in [0.3, 0.4) is 0 Å². The molecule has 0 rings (SSSR count). The third-order valence-electron chi connectivity index (χ3n) is 1.20. The van der Waals surface area contributed by atoms with E-state index in [9.17, 15) is 13.2 Å². The molecule has 6 nitrogen and oxygen atoms in total. The summed E-state index contributed by atoms with van der Waals surface area (Å²) in [4.78, 5) is 11.9. The van der Waals surface area contributed by atoms with Crippen molar-refractivity contribution in [3.05, 3.63) is 0 Å². The number of nitrogens with zero attached hydrogens (tertiary/aromatic N) is 1. The lowest BCUT2D eigenvalue weighted by atomic mass is 10.6. The zero-order chi connectivity index (χ0) is 9.78. The molecule has 0 aliphatic heterocycles. The fraction of sp³-hybridized carbons (Fsp3) is 0.800. The second kappa shape index (κ2) is 4.27. The van der Waals surface area contributed by atoms with Crippen LogP contribution in [-0.2, 0) is 14.6 Å². The molecule has 0 bridgehead atoms. The summed E-state index contributed by atoms with van der Waals surface area (Å²) < 4.78 is 32.0. The molecule has 12 heavy (non-hydrogen) atoms. The SMILES string of the molecule is CCN(CC)C(=O)OS(=O)(=O)O. The average molecular weight is 197 g/mol. The van der Waals surface area contributed by atoms with Crippen LogP contribution >= 0.6 is 0 Å². The number of amides is 1. The molecule has 0 aromatic rings. The van der Waals surface area contributed by atoms with Crippen LogP contribution < -0.4 is 0 Å². The summed E-state index contributed by atoms with van der Waals surface area (Å²) in [5.74, 6) is 0. The summed E-state index contributed by atoms with van der Waals surface area (Å²) in [6, 6.07) is 0. The van der Waals surface area contributed by atoms with Gasteiger partial charge in [-0.1, -0.05) is 0 Å². The highest BCUT2D eigenvalue weighted by Crippen LogP contribution is 1.96. The van der Waals surface area contributed by atoms with Crippen molar-refractivity contribution in [2.75, 3.05) is 13.1 Å². The number of rotatable bonds is 3. The van der Waals surface area contributed by atoms with E-state index in [1.54, 1.807) is 13.8 Å². The van der Waals surface area contributed by atoms with Gasteiger partial charge in [-0.3, -0.25) is 4.55 Å². The van der Waals surface area contributed by atoms with E-state index in [1.165, 1.54) is 0 Å². The first-order valence-electron chi connectivity index (χ1n) is 3.36. The van der Waals surface area contributed by atoms with E-state index in [0.29, 0.717) is 13.1 Å².